The number of benzene rings is 2. The molecule has 2 aromatic carbocycles. The van der Waals surface area contributed by atoms with Crippen LogP contribution in [0.4, 0.5) is 0 Å². The zero-order valence-corrected chi connectivity index (χ0v) is 19.8. The number of hydrogen-bond acceptors (Lipinski definition) is 5. The Balaban J connectivity index is 1.69. The first-order valence-electron chi connectivity index (χ1n) is 11.6. The minimum Gasteiger partial charge on any atom is -0.493 e. The van der Waals surface area contributed by atoms with Crippen LogP contribution in [0.25, 0.3) is 5.57 Å². The average Bonchev–Trinajstić information content (AvgIpc) is 3.03. The predicted molar refractivity (Wildman–Crippen MR) is 127 cm³/mol. The van der Waals surface area contributed by atoms with Gasteiger partial charge in [-0.1, -0.05) is 56.3 Å². The Morgan fingerprint density at radius 1 is 0.939 bits per heavy atom. The van der Waals surface area contributed by atoms with E-state index in [1.165, 1.54) is 4.90 Å². The van der Waals surface area contributed by atoms with Crippen LogP contribution in [0.3, 0.4) is 0 Å². The number of carbonyl (C=O) groups is 2. The van der Waals surface area contributed by atoms with Crippen LogP contribution >= 0.6 is 0 Å². The summed E-state index contributed by atoms with van der Waals surface area (Å²) in [5, 5.41) is 0. The Labute approximate surface area is 195 Å². The second-order valence-electron chi connectivity index (χ2n) is 9.30. The number of imide groups is 1. The third-order valence-electron chi connectivity index (χ3n) is 5.79. The Morgan fingerprint density at radius 2 is 1.58 bits per heavy atom. The van der Waals surface area contributed by atoms with Crippen molar-refractivity contribution in [3.63, 3.8) is 0 Å². The summed E-state index contributed by atoms with van der Waals surface area (Å²) in [4.78, 5) is 30.6. The molecule has 2 unspecified atom stereocenters. The van der Waals surface area contributed by atoms with Gasteiger partial charge in [-0.05, 0) is 43.0 Å². The maximum atomic E-state index is 13.6. The van der Waals surface area contributed by atoms with Gasteiger partial charge in [0.25, 0.3) is 11.8 Å². The van der Waals surface area contributed by atoms with Gasteiger partial charge in [0, 0.05) is 13.1 Å². The Kier molecular flexibility index (Phi) is 6.84. The second-order valence-corrected chi connectivity index (χ2v) is 9.30. The van der Waals surface area contributed by atoms with Gasteiger partial charge in [-0.2, -0.15) is 0 Å². The molecule has 0 aromatic heterocycles. The minimum atomic E-state index is -0.263. The first-order valence-corrected chi connectivity index (χ1v) is 11.6. The fraction of sp³-hybridized carbons (Fsp3) is 0.407. The summed E-state index contributed by atoms with van der Waals surface area (Å²) >= 11 is 0. The summed E-state index contributed by atoms with van der Waals surface area (Å²) in [6.45, 7) is 10.2. The molecule has 6 nitrogen and oxygen atoms in total. The maximum Gasteiger partial charge on any atom is 0.278 e. The second kappa shape index (κ2) is 9.79. The molecule has 2 heterocycles. The maximum absolute atomic E-state index is 13.6. The van der Waals surface area contributed by atoms with Crippen molar-refractivity contribution >= 4 is 17.4 Å². The van der Waals surface area contributed by atoms with Crippen molar-refractivity contribution in [1.29, 1.82) is 0 Å². The molecule has 0 spiro atoms. The first kappa shape index (κ1) is 23.1. The molecule has 0 N–H and O–H groups in total. The number of hydrogen-bond donors (Lipinski definition) is 0. The zero-order chi connectivity index (χ0) is 23.5. The van der Waals surface area contributed by atoms with Crippen LogP contribution in [-0.2, 0) is 20.9 Å². The van der Waals surface area contributed by atoms with E-state index in [4.69, 9.17) is 9.47 Å². The summed E-state index contributed by atoms with van der Waals surface area (Å²) in [7, 11) is 0. The van der Waals surface area contributed by atoms with Gasteiger partial charge in [0.1, 0.15) is 11.4 Å². The quantitative estimate of drug-likeness (QED) is 0.597. The van der Waals surface area contributed by atoms with Gasteiger partial charge >= 0.3 is 0 Å². The SMILES string of the molecule is CC(C)COc1ccc(C2=C(N3CC(C)OC(C)C3)C(=O)N(Cc3ccccc3)C2=O)cc1. The highest BCUT2D eigenvalue weighted by molar-refractivity contribution is 6.35. The minimum absolute atomic E-state index is 0.0274. The normalized spacial score (nSPS) is 21.4. The number of carbonyl (C=O) groups excluding carboxylic acids is 2. The van der Waals surface area contributed by atoms with E-state index in [0.29, 0.717) is 36.9 Å². The Morgan fingerprint density at radius 3 is 2.18 bits per heavy atom. The highest BCUT2D eigenvalue weighted by Gasteiger charge is 2.43. The Bertz CT molecular complexity index is 1020. The van der Waals surface area contributed by atoms with Crippen LogP contribution in [0.1, 0.15) is 38.8 Å². The fourth-order valence-corrected chi connectivity index (χ4v) is 4.37. The highest BCUT2D eigenvalue weighted by Crippen LogP contribution is 2.34. The van der Waals surface area contributed by atoms with Crippen LogP contribution in [0.15, 0.2) is 60.3 Å². The van der Waals surface area contributed by atoms with Crippen molar-refractivity contribution in [3.8, 4) is 5.75 Å². The third-order valence-corrected chi connectivity index (χ3v) is 5.79. The molecular weight excluding hydrogens is 416 g/mol. The van der Waals surface area contributed by atoms with E-state index in [1.807, 2.05) is 73.3 Å². The molecule has 174 valence electrons. The van der Waals surface area contributed by atoms with Crippen LogP contribution < -0.4 is 4.74 Å². The summed E-state index contributed by atoms with van der Waals surface area (Å²) in [6.07, 6.45) is -0.0548. The number of ether oxygens (including phenoxy) is 2. The standard InChI is InChI=1S/C27H32N2O4/c1-18(2)17-32-23-12-10-22(11-13-23)24-25(28-14-19(3)33-20(4)15-28)27(31)29(26(24)30)16-21-8-6-5-7-9-21/h5-13,18-20H,14-17H2,1-4H3. The molecule has 2 amide bonds. The third kappa shape index (κ3) is 5.11. The molecule has 33 heavy (non-hydrogen) atoms. The van der Waals surface area contributed by atoms with E-state index in [2.05, 4.69) is 13.8 Å². The molecule has 0 bridgehead atoms. The average molecular weight is 449 g/mol. The van der Waals surface area contributed by atoms with E-state index < -0.39 is 0 Å². The molecule has 0 radical (unpaired) electrons. The first-order chi connectivity index (χ1) is 15.8. The van der Waals surface area contributed by atoms with Gasteiger partial charge in [-0.25, -0.2) is 0 Å². The number of morpholine rings is 1. The molecule has 1 fully saturated rings. The number of amides is 2. The van der Waals surface area contributed by atoms with Crippen molar-refractivity contribution in [1.82, 2.24) is 9.80 Å². The summed E-state index contributed by atoms with van der Waals surface area (Å²) in [6, 6.07) is 17.1. The molecule has 0 saturated carbocycles. The lowest BCUT2D eigenvalue weighted by Gasteiger charge is -2.37. The van der Waals surface area contributed by atoms with Gasteiger partial charge < -0.3 is 14.4 Å². The zero-order valence-electron chi connectivity index (χ0n) is 19.8. The number of nitrogens with zero attached hydrogens (tertiary/aromatic N) is 2. The van der Waals surface area contributed by atoms with E-state index >= 15 is 0 Å². The van der Waals surface area contributed by atoms with Crippen LogP contribution in [0, 0.1) is 5.92 Å². The topological polar surface area (TPSA) is 59.1 Å². The van der Waals surface area contributed by atoms with Crippen molar-refractivity contribution in [3.05, 3.63) is 71.4 Å². The summed E-state index contributed by atoms with van der Waals surface area (Å²) < 4.78 is 11.7. The molecule has 1 saturated heterocycles. The molecule has 6 heteroatoms. The molecule has 2 aliphatic heterocycles. The lowest BCUT2D eigenvalue weighted by Crippen LogP contribution is -2.46. The Hall–Kier alpha value is -3.12. The lowest BCUT2D eigenvalue weighted by molar-refractivity contribution is -0.139. The summed E-state index contributed by atoms with van der Waals surface area (Å²) in [5.41, 5.74) is 2.56. The predicted octanol–water partition coefficient (Wildman–Crippen LogP) is 4.11. The van der Waals surface area contributed by atoms with Crippen molar-refractivity contribution in [2.45, 2.75) is 46.4 Å². The van der Waals surface area contributed by atoms with E-state index in [9.17, 15) is 9.59 Å². The monoisotopic (exact) mass is 448 g/mol. The van der Waals surface area contributed by atoms with Gasteiger partial charge in [0.05, 0.1) is 30.9 Å². The van der Waals surface area contributed by atoms with E-state index in [-0.39, 0.29) is 30.6 Å². The van der Waals surface area contributed by atoms with Crippen molar-refractivity contribution in [2.24, 2.45) is 5.92 Å². The molecule has 2 aromatic rings. The van der Waals surface area contributed by atoms with Crippen molar-refractivity contribution < 1.29 is 19.1 Å². The largest absolute Gasteiger partial charge is 0.493 e. The fourth-order valence-electron chi connectivity index (χ4n) is 4.37. The molecule has 2 aliphatic rings. The van der Waals surface area contributed by atoms with Crippen LogP contribution in [-0.4, -0.2) is 53.5 Å². The van der Waals surface area contributed by atoms with E-state index in [0.717, 1.165) is 16.9 Å². The van der Waals surface area contributed by atoms with Crippen molar-refractivity contribution in [2.75, 3.05) is 19.7 Å². The van der Waals surface area contributed by atoms with Crippen LogP contribution in [0.2, 0.25) is 0 Å². The smallest absolute Gasteiger partial charge is 0.278 e. The van der Waals surface area contributed by atoms with Gasteiger partial charge in [-0.3, -0.25) is 14.5 Å². The number of rotatable bonds is 7. The molecule has 4 rings (SSSR count). The van der Waals surface area contributed by atoms with Gasteiger partial charge in [-0.15, -0.1) is 0 Å². The lowest BCUT2D eigenvalue weighted by atomic mass is 10.0. The highest BCUT2D eigenvalue weighted by atomic mass is 16.5. The van der Waals surface area contributed by atoms with E-state index in [1.54, 1.807) is 0 Å². The van der Waals surface area contributed by atoms with Crippen LogP contribution in [0.5, 0.6) is 5.75 Å². The summed E-state index contributed by atoms with van der Waals surface area (Å²) in [5.74, 6) is 0.660. The molecule has 0 aliphatic carbocycles. The molecule has 2 atom stereocenters. The van der Waals surface area contributed by atoms with Gasteiger partial charge in [0.2, 0.25) is 0 Å². The van der Waals surface area contributed by atoms with Gasteiger partial charge in [0.15, 0.2) is 0 Å². The molecular formula is C27H32N2O4.